The van der Waals surface area contributed by atoms with Crippen molar-refractivity contribution in [1.29, 1.82) is 0 Å². The Bertz CT molecular complexity index is 396. The van der Waals surface area contributed by atoms with Crippen LogP contribution >= 0.6 is 0 Å². The van der Waals surface area contributed by atoms with Gasteiger partial charge >= 0.3 is 0 Å². The van der Waals surface area contributed by atoms with Crippen LogP contribution in [0.4, 0.5) is 0 Å². The van der Waals surface area contributed by atoms with Crippen LogP contribution in [0.2, 0.25) is 0 Å². The summed E-state index contributed by atoms with van der Waals surface area (Å²) < 4.78 is 0. The second-order valence-electron chi connectivity index (χ2n) is 4.13. The lowest BCUT2D eigenvalue weighted by Crippen LogP contribution is -2.35. The number of amides is 2. The summed E-state index contributed by atoms with van der Waals surface area (Å²) in [4.78, 5) is 22.6. The molecule has 0 atom stereocenters. The minimum absolute atomic E-state index is 0.00126. The van der Waals surface area contributed by atoms with E-state index < -0.39 is 0 Å². The van der Waals surface area contributed by atoms with Crippen LogP contribution in [0.5, 0.6) is 0 Å². The van der Waals surface area contributed by atoms with E-state index in [-0.39, 0.29) is 18.4 Å². The second kappa shape index (κ2) is 6.03. The topological polar surface area (TPSA) is 58.2 Å². The molecule has 1 aromatic carbocycles. The van der Waals surface area contributed by atoms with Crippen molar-refractivity contribution < 1.29 is 9.59 Å². The minimum atomic E-state index is -0.232. The van der Waals surface area contributed by atoms with Gasteiger partial charge in [-0.2, -0.15) is 0 Å². The second-order valence-corrected chi connectivity index (χ2v) is 4.13. The number of nitrogens with one attached hydrogen (secondary N) is 2. The Balaban J connectivity index is 2.61. The minimum Gasteiger partial charge on any atom is -0.358 e. The van der Waals surface area contributed by atoms with Crippen molar-refractivity contribution in [2.75, 3.05) is 13.6 Å². The predicted octanol–water partition coefficient (Wildman–Crippen LogP) is 1.29. The van der Waals surface area contributed by atoms with Crippen molar-refractivity contribution in [2.45, 2.75) is 19.8 Å². The van der Waals surface area contributed by atoms with Crippen LogP contribution in [-0.2, 0) is 4.79 Å². The molecule has 0 aromatic heterocycles. The van der Waals surface area contributed by atoms with E-state index in [0.717, 1.165) is 0 Å². The molecule has 0 unspecified atom stereocenters. The molecular formula is C13H18N2O2. The Kier molecular flexibility index (Phi) is 4.69. The van der Waals surface area contributed by atoms with Crippen LogP contribution in [0.15, 0.2) is 24.3 Å². The van der Waals surface area contributed by atoms with Gasteiger partial charge in [-0.05, 0) is 23.6 Å². The molecule has 0 fully saturated rings. The van der Waals surface area contributed by atoms with Crippen LogP contribution in [0.3, 0.4) is 0 Å². The zero-order valence-corrected chi connectivity index (χ0v) is 10.4. The van der Waals surface area contributed by atoms with Crippen molar-refractivity contribution in [2.24, 2.45) is 0 Å². The summed E-state index contributed by atoms with van der Waals surface area (Å²) in [6.07, 6.45) is 0. The molecule has 0 saturated heterocycles. The third kappa shape index (κ3) is 3.90. The Hall–Kier alpha value is -1.84. The molecule has 0 spiro atoms. The molecule has 1 rings (SSSR count). The number of rotatable bonds is 4. The highest BCUT2D eigenvalue weighted by atomic mass is 16.2. The summed E-state index contributed by atoms with van der Waals surface area (Å²) in [5, 5.41) is 4.99. The average Bonchev–Trinajstić information content (AvgIpc) is 2.35. The first-order valence-electron chi connectivity index (χ1n) is 5.63. The Labute approximate surface area is 101 Å². The molecule has 17 heavy (non-hydrogen) atoms. The van der Waals surface area contributed by atoms with E-state index >= 15 is 0 Å². The van der Waals surface area contributed by atoms with Gasteiger partial charge in [-0.15, -0.1) is 0 Å². The quantitative estimate of drug-likeness (QED) is 0.824. The Morgan fingerprint density at radius 1 is 1.18 bits per heavy atom. The van der Waals surface area contributed by atoms with Crippen molar-refractivity contribution in [3.63, 3.8) is 0 Å². The maximum atomic E-state index is 11.7. The largest absolute Gasteiger partial charge is 0.358 e. The number of carbonyl (C=O) groups is 2. The third-order valence-corrected chi connectivity index (χ3v) is 2.53. The van der Waals surface area contributed by atoms with Crippen LogP contribution in [0.1, 0.15) is 35.7 Å². The summed E-state index contributed by atoms with van der Waals surface area (Å²) >= 11 is 0. The molecule has 0 radical (unpaired) electrons. The Morgan fingerprint density at radius 2 is 1.76 bits per heavy atom. The fourth-order valence-electron chi connectivity index (χ4n) is 1.37. The molecule has 0 aliphatic rings. The molecule has 92 valence electrons. The number of hydrogen-bond donors (Lipinski definition) is 2. The van der Waals surface area contributed by atoms with E-state index in [9.17, 15) is 9.59 Å². The molecule has 2 N–H and O–H groups in total. The van der Waals surface area contributed by atoms with E-state index in [1.165, 1.54) is 12.6 Å². The van der Waals surface area contributed by atoms with Gasteiger partial charge in [0.1, 0.15) is 0 Å². The van der Waals surface area contributed by atoms with Gasteiger partial charge in [0, 0.05) is 12.6 Å². The zero-order valence-electron chi connectivity index (χ0n) is 10.4. The van der Waals surface area contributed by atoms with Gasteiger partial charge in [0.05, 0.1) is 6.54 Å². The first-order chi connectivity index (χ1) is 8.04. The number of benzene rings is 1. The van der Waals surface area contributed by atoms with Gasteiger partial charge in [0.15, 0.2) is 0 Å². The zero-order chi connectivity index (χ0) is 12.8. The number of likely N-dealkylation sites (N-methyl/N-ethyl adjacent to an activating group) is 1. The highest BCUT2D eigenvalue weighted by Gasteiger charge is 2.07. The maximum Gasteiger partial charge on any atom is 0.251 e. The molecule has 0 aliphatic carbocycles. The summed E-state index contributed by atoms with van der Waals surface area (Å²) in [6, 6.07) is 7.40. The van der Waals surface area contributed by atoms with E-state index in [0.29, 0.717) is 11.5 Å². The molecule has 2 amide bonds. The fourth-order valence-corrected chi connectivity index (χ4v) is 1.37. The Morgan fingerprint density at radius 3 is 2.24 bits per heavy atom. The van der Waals surface area contributed by atoms with Crippen molar-refractivity contribution in [3.8, 4) is 0 Å². The van der Waals surface area contributed by atoms with Gasteiger partial charge in [-0.3, -0.25) is 9.59 Å². The molecule has 0 aliphatic heterocycles. The first-order valence-corrected chi connectivity index (χ1v) is 5.63. The molecule has 0 bridgehead atoms. The van der Waals surface area contributed by atoms with Gasteiger partial charge in [0.25, 0.3) is 5.91 Å². The van der Waals surface area contributed by atoms with Gasteiger partial charge in [-0.1, -0.05) is 26.0 Å². The van der Waals surface area contributed by atoms with Crippen molar-refractivity contribution in [1.82, 2.24) is 10.6 Å². The van der Waals surface area contributed by atoms with Crippen LogP contribution in [0.25, 0.3) is 0 Å². The summed E-state index contributed by atoms with van der Waals surface area (Å²) in [5.74, 6) is -0.000892. The summed E-state index contributed by atoms with van der Waals surface area (Å²) in [7, 11) is 1.53. The van der Waals surface area contributed by atoms with E-state index in [4.69, 9.17) is 0 Å². The van der Waals surface area contributed by atoms with Crippen LogP contribution in [-0.4, -0.2) is 25.4 Å². The predicted molar refractivity (Wildman–Crippen MR) is 66.9 cm³/mol. The molecule has 4 nitrogen and oxygen atoms in total. The molecule has 4 heteroatoms. The van der Waals surface area contributed by atoms with Crippen molar-refractivity contribution >= 4 is 11.8 Å². The lowest BCUT2D eigenvalue weighted by Gasteiger charge is -2.07. The van der Waals surface area contributed by atoms with E-state index in [2.05, 4.69) is 24.5 Å². The maximum absolute atomic E-state index is 11.7. The number of carbonyl (C=O) groups excluding carboxylic acids is 2. The smallest absolute Gasteiger partial charge is 0.251 e. The average molecular weight is 234 g/mol. The molecule has 0 heterocycles. The SMILES string of the molecule is CNC(=O)CNC(=O)c1ccc(C(C)C)cc1. The van der Waals surface area contributed by atoms with Gasteiger partial charge in [-0.25, -0.2) is 0 Å². The normalized spacial score (nSPS) is 10.1. The van der Waals surface area contributed by atoms with E-state index in [1.807, 2.05) is 12.1 Å². The summed E-state index contributed by atoms with van der Waals surface area (Å²) in [5.41, 5.74) is 1.76. The number of hydrogen-bond acceptors (Lipinski definition) is 2. The monoisotopic (exact) mass is 234 g/mol. The van der Waals surface area contributed by atoms with Crippen molar-refractivity contribution in [3.05, 3.63) is 35.4 Å². The summed E-state index contributed by atoms with van der Waals surface area (Å²) in [6.45, 7) is 4.20. The standard InChI is InChI=1S/C13H18N2O2/c1-9(2)10-4-6-11(7-5-10)13(17)15-8-12(16)14-3/h4-7,9H,8H2,1-3H3,(H,14,16)(H,15,17). The highest BCUT2D eigenvalue weighted by molar-refractivity contribution is 5.96. The fraction of sp³-hybridized carbons (Fsp3) is 0.385. The molecule has 0 saturated carbocycles. The molecular weight excluding hydrogens is 216 g/mol. The van der Waals surface area contributed by atoms with Crippen LogP contribution in [0, 0.1) is 0 Å². The molecule has 1 aromatic rings. The first kappa shape index (κ1) is 13.2. The van der Waals surface area contributed by atoms with Crippen LogP contribution < -0.4 is 10.6 Å². The third-order valence-electron chi connectivity index (χ3n) is 2.53. The van der Waals surface area contributed by atoms with E-state index in [1.54, 1.807) is 12.1 Å². The lowest BCUT2D eigenvalue weighted by molar-refractivity contribution is -0.119. The lowest BCUT2D eigenvalue weighted by atomic mass is 10.0. The van der Waals surface area contributed by atoms with Gasteiger partial charge < -0.3 is 10.6 Å². The van der Waals surface area contributed by atoms with Gasteiger partial charge in [0.2, 0.25) is 5.91 Å². The highest BCUT2D eigenvalue weighted by Crippen LogP contribution is 2.14.